The molecule has 0 bridgehead atoms. The lowest BCUT2D eigenvalue weighted by Crippen LogP contribution is -2.31. The summed E-state index contributed by atoms with van der Waals surface area (Å²) in [5.41, 5.74) is 1.57. The fourth-order valence-corrected chi connectivity index (χ4v) is 4.43. The topological polar surface area (TPSA) is 122 Å². The molecule has 1 fully saturated rings. The van der Waals surface area contributed by atoms with Crippen LogP contribution < -0.4 is 20.9 Å². The predicted octanol–water partition coefficient (Wildman–Crippen LogP) is 0.344. The second-order valence-electron chi connectivity index (χ2n) is 8.59. The highest BCUT2D eigenvalue weighted by molar-refractivity contribution is 5.94. The summed E-state index contributed by atoms with van der Waals surface area (Å²) in [6.45, 7) is 3.15. The number of β-amino-alcohol motifs (C(OH)–C–C–N with tert-alkyl or cyclic N) is 1. The van der Waals surface area contributed by atoms with Gasteiger partial charge in [-0.15, -0.1) is 0 Å². The molecule has 5 heterocycles. The average molecular weight is 468 g/mol. The summed E-state index contributed by atoms with van der Waals surface area (Å²) in [4.78, 5) is 34.4. The number of carbonyl (C=O) groups is 1. The number of pyridine rings is 3. The highest BCUT2D eigenvalue weighted by Gasteiger charge is 2.30. The molecule has 34 heavy (non-hydrogen) atoms. The minimum Gasteiger partial charge on any atom is -0.480 e. The van der Waals surface area contributed by atoms with Crippen LogP contribution in [0.2, 0.25) is 0 Å². The van der Waals surface area contributed by atoms with E-state index in [0.29, 0.717) is 61.9 Å². The molecule has 0 saturated carbocycles. The molecule has 0 aliphatic carbocycles. The van der Waals surface area contributed by atoms with Crippen LogP contribution in [0.15, 0.2) is 41.3 Å². The van der Waals surface area contributed by atoms with Gasteiger partial charge < -0.3 is 25.0 Å². The van der Waals surface area contributed by atoms with Crippen LogP contribution in [0.25, 0.3) is 11.0 Å². The number of carbonyl (C=O) groups excluding carboxylic acids is 1. The van der Waals surface area contributed by atoms with E-state index >= 15 is 0 Å². The minimum atomic E-state index is -0.500. The Morgan fingerprint density at radius 1 is 1.21 bits per heavy atom. The van der Waals surface area contributed by atoms with Crippen LogP contribution in [0.3, 0.4) is 0 Å². The molecule has 0 radical (unpaired) electrons. The fourth-order valence-electron chi connectivity index (χ4n) is 4.43. The summed E-state index contributed by atoms with van der Waals surface area (Å²) in [7, 11) is 0. The zero-order valence-corrected chi connectivity index (χ0v) is 18.4. The summed E-state index contributed by atoms with van der Waals surface area (Å²) in [6.07, 6.45) is 0.634. The van der Waals surface area contributed by atoms with Crippen LogP contribution in [0.1, 0.15) is 5.69 Å². The lowest BCUT2D eigenvalue weighted by atomic mass is 10.1. The second kappa shape index (κ2) is 9.45. The van der Waals surface area contributed by atoms with Crippen molar-refractivity contribution in [2.45, 2.75) is 19.2 Å². The van der Waals surface area contributed by atoms with Gasteiger partial charge in [-0.3, -0.25) is 19.5 Å². The van der Waals surface area contributed by atoms with Crippen molar-refractivity contribution in [3.63, 3.8) is 0 Å². The second-order valence-corrected chi connectivity index (χ2v) is 8.59. The number of nitrogens with one attached hydrogen (secondary N) is 2. The number of halogens is 1. The van der Waals surface area contributed by atoms with Crippen molar-refractivity contribution < 1.29 is 19.0 Å². The largest absolute Gasteiger partial charge is 0.480 e. The first kappa shape index (κ1) is 22.4. The first-order valence-corrected chi connectivity index (χ1v) is 11.1. The van der Waals surface area contributed by atoms with Gasteiger partial charge in [0.25, 0.3) is 11.5 Å². The van der Waals surface area contributed by atoms with Gasteiger partial charge in [0.05, 0.1) is 29.0 Å². The molecule has 0 unspecified atom stereocenters. The van der Waals surface area contributed by atoms with E-state index in [1.54, 1.807) is 12.1 Å². The summed E-state index contributed by atoms with van der Waals surface area (Å²) in [5, 5.41) is 16.5. The van der Waals surface area contributed by atoms with Crippen molar-refractivity contribution in [1.82, 2.24) is 24.8 Å². The number of aliphatic hydroxyl groups excluding tert-OH is 1. The SMILES string of the molecule is O=C1COc2ccc(CNC[C@H]3CN(CCn4c(=O)ccc5ncc(F)cc54)C[C@H]3O)nc2N1. The number of hydrogen-bond donors (Lipinski definition) is 3. The summed E-state index contributed by atoms with van der Waals surface area (Å²) in [6, 6.07) is 7.96. The molecule has 1 saturated heterocycles. The van der Waals surface area contributed by atoms with Crippen molar-refractivity contribution in [1.29, 1.82) is 0 Å². The van der Waals surface area contributed by atoms with Crippen molar-refractivity contribution >= 4 is 22.8 Å². The summed E-state index contributed by atoms with van der Waals surface area (Å²) in [5.74, 6) is 0.267. The predicted molar refractivity (Wildman–Crippen MR) is 122 cm³/mol. The van der Waals surface area contributed by atoms with E-state index in [0.717, 1.165) is 11.9 Å². The number of hydrogen-bond acceptors (Lipinski definition) is 8. The van der Waals surface area contributed by atoms with E-state index in [4.69, 9.17) is 4.74 Å². The van der Waals surface area contributed by atoms with Crippen LogP contribution in [-0.2, 0) is 17.9 Å². The maximum absolute atomic E-state index is 13.7. The molecule has 3 aromatic rings. The maximum atomic E-state index is 13.7. The number of rotatable bonds is 7. The highest BCUT2D eigenvalue weighted by Crippen LogP contribution is 2.25. The van der Waals surface area contributed by atoms with Gasteiger partial charge in [0.2, 0.25) is 0 Å². The third-order valence-corrected chi connectivity index (χ3v) is 6.17. The molecule has 5 rings (SSSR count). The van der Waals surface area contributed by atoms with E-state index in [1.165, 1.54) is 16.7 Å². The number of ether oxygens (including phenoxy) is 1. The molecule has 1 amide bonds. The molecule has 11 heteroatoms. The van der Waals surface area contributed by atoms with Gasteiger partial charge in [-0.25, -0.2) is 9.37 Å². The standard InChI is InChI=1S/C23H25FN6O4/c24-15-7-18-17(26-9-15)2-4-22(33)30(18)6-5-29-11-14(19(31)12-29)8-25-10-16-1-3-20-23(27-16)28-21(32)13-34-20/h1-4,7,9,14,19,25,31H,5-6,8,10-13H2,(H,27,28,32)/t14-,19+/m0/s1. The Morgan fingerprint density at radius 2 is 2.09 bits per heavy atom. The molecule has 2 atom stereocenters. The molecular weight excluding hydrogens is 443 g/mol. The Morgan fingerprint density at radius 3 is 2.97 bits per heavy atom. The number of aliphatic hydroxyl groups is 1. The Balaban J connectivity index is 1.15. The van der Waals surface area contributed by atoms with Gasteiger partial charge in [-0.05, 0) is 18.2 Å². The molecule has 0 spiro atoms. The highest BCUT2D eigenvalue weighted by atomic mass is 19.1. The molecule has 178 valence electrons. The Bertz CT molecular complexity index is 1280. The number of nitrogens with zero attached hydrogens (tertiary/aromatic N) is 4. The van der Waals surface area contributed by atoms with Gasteiger partial charge in [-0.1, -0.05) is 0 Å². The van der Waals surface area contributed by atoms with Gasteiger partial charge in [0.15, 0.2) is 18.2 Å². The fraction of sp³-hybridized carbons (Fsp3) is 0.391. The van der Waals surface area contributed by atoms with Gasteiger partial charge >= 0.3 is 0 Å². The molecule has 2 aliphatic heterocycles. The molecule has 10 nitrogen and oxygen atoms in total. The number of aromatic nitrogens is 3. The normalized spacial score (nSPS) is 20.2. The minimum absolute atomic E-state index is 0.00868. The Kier molecular flexibility index (Phi) is 6.22. The van der Waals surface area contributed by atoms with E-state index in [2.05, 4.69) is 25.5 Å². The third-order valence-electron chi connectivity index (χ3n) is 6.17. The zero-order chi connectivity index (χ0) is 23.7. The van der Waals surface area contributed by atoms with Crippen molar-refractivity contribution in [3.05, 3.63) is 58.4 Å². The van der Waals surface area contributed by atoms with Crippen molar-refractivity contribution in [3.8, 4) is 5.75 Å². The summed E-state index contributed by atoms with van der Waals surface area (Å²) >= 11 is 0. The zero-order valence-electron chi connectivity index (χ0n) is 18.4. The summed E-state index contributed by atoms with van der Waals surface area (Å²) < 4.78 is 20.5. The van der Waals surface area contributed by atoms with Crippen LogP contribution in [0.5, 0.6) is 5.75 Å². The van der Waals surface area contributed by atoms with Crippen LogP contribution >= 0.6 is 0 Å². The number of anilines is 1. The maximum Gasteiger partial charge on any atom is 0.263 e. The molecule has 3 N–H and O–H groups in total. The van der Waals surface area contributed by atoms with E-state index in [-0.39, 0.29) is 24.0 Å². The molecule has 2 aliphatic rings. The van der Waals surface area contributed by atoms with E-state index in [9.17, 15) is 19.1 Å². The smallest absolute Gasteiger partial charge is 0.263 e. The van der Waals surface area contributed by atoms with Gasteiger partial charge in [0, 0.05) is 57.3 Å². The van der Waals surface area contributed by atoms with E-state index < -0.39 is 11.9 Å². The van der Waals surface area contributed by atoms with Crippen molar-refractivity contribution in [2.24, 2.45) is 5.92 Å². The number of likely N-dealkylation sites (tertiary alicyclic amines) is 1. The quantitative estimate of drug-likeness (QED) is 0.454. The third kappa shape index (κ3) is 4.76. The van der Waals surface area contributed by atoms with Gasteiger partial charge in [-0.2, -0.15) is 0 Å². The van der Waals surface area contributed by atoms with Crippen LogP contribution in [-0.4, -0.2) is 69.3 Å². The first-order valence-electron chi connectivity index (χ1n) is 11.1. The lowest BCUT2D eigenvalue weighted by Gasteiger charge is -2.18. The monoisotopic (exact) mass is 468 g/mol. The van der Waals surface area contributed by atoms with Crippen molar-refractivity contribution in [2.75, 3.05) is 38.1 Å². The van der Waals surface area contributed by atoms with Gasteiger partial charge in [0.1, 0.15) is 5.82 Å². The average Bonchev–Trinajstić information content (AvgIpc) is 3.17. The van der Waals surface area contributed by atoms with Crippen LogP contribution in [0, 0.1) is 11.7 Å². The number of fused-ring (bicyclic) bond motifs is 2. The number of amides is 1. The van der Waals surface area contributed by atoms with E-state index in [1.807, 2.05) is 6.07 Å². The Hall–Kier alpha value is -3.41. The van der Waals surface area contributed by atoms with Crippen LogP contribution in [0.4, 0.5) is 10.2 Å². The first-order chi connectivity index (χ1) is 16.5. The Labute approximate surface area is 194 Å². The lowest BCUT2D eigenvalue weighted by molar-refractivity contribution is -0.118. The molecule has 3 aromatic heterocycles. The molecular formula is C23H25FN6O4. The molecule has 0 aromatic carbocycles.